The molecule has 0 aliphatic carbocycles. The number of carbonyl (C=O) groups excluding carboxylic acids is 3. The van der Waals surface area contributed by atoms with Crippen LogP contribution in [0.15, 0.2) is 54.6 Å². The highest BCUT2D eigenvalue weighted by molar-refractivity contribution is 6.13. The van der Waals surface area contributed by atoms with Gasteiger partial charge in [-0.3, -0.25) is 9.59 Å². The zero-order valence-corrected chi connectivity index (χ0v) is 15.1. The van der Waals surface area contributed by atoms with Crippen LogP contribution < -0.4 is 16.0 Å². The number of urea groups is 1. The molecule has 1 fully saturated rings. The summed E-state index contributed by atoms with van der Waals surface area (Å²) in [6.45, 7) is 2.23. The number of hydrogen-bond acceptors (Lipinski definition) is 4. The summed E-state index contributed by atoms with van der Waals surface area (Å²) in [5, 5.41) is 2.79. The van der Waals surface area contributed by atoms with E-state index in [1.54, 1.807) is 29.2 Å². The zero-order chi connectivity index (χ0) is 19.4. The van der Waals surface area contributed by atoms with Gasteiger partial charge in [-0.2, -0.15) is 0 Å². The van der Waals surface area contributed by atoms with Gasteiger partial charge in [-0.15, -0.1) is 0 Å². The minimum atomic E-state index is -0.549. The van der Waals surface area contributed by atoms with E-state index in [2.05, 4.69) is 5.32 Å². The Kier molecular flexibility index (Phi) is 5.40. The number of anilines is 2. The highest BCUT2D eigenvalue weighted by Crippen LogP contribution is 2.19. The molecule has 3 rings (SSSR count). The Morgan fingerprint density at radius 1 is 1.15 bits per heavy atom. The molecule has 1 aliphatic rings. The summed E-state index contributed by atoms with van der Waals surface area (Å²) in [5.41, 5.74) is 7.66. The second kappa shape index (κ2) is 7.90. The van der Waals surface area contributed by atoms with Gasteiger partial charge in [-0.25, -0.2) is 9.69 Å². The lowest BCUT2D eigenvalue weighted by molar-refractivity contribution is -0.128. The Morgan fingerprint density at radius 3 is 2.44 bits per heavy atom. The Morgan fingerprint density at radius 2 is 1.81 bits per heavy atom. The van der Waals surface area contributed by atoms with E-state index < -0.39 is 11.9 Å². The molecule has 0 aromatic heterocycles. The first-order chi connectivity index (χ1) is 12.9. The van der Waals surface area contributed by atoms with Gasteiger partial charge in [0.1, 0.15) is 0 Å². The molecule has 3 N–H and O–H groups in total. The van der Waals surface area contributed by atoms with Crippen LogP contribution in [0.25, 0.3) is 0 Å². The summed E-state index contributed by atoms with van der Waals surface area (Å²) in [4.78, 5) is 39.6. The molecule has 1 aliphatic heterocycles. The molecule has 2 aromatic carbocycles. The predicted molar refractivity (Wildman–Crippen MR) is 103 cm³/mol. The zero-order valence-electron chi connectivity index (χ0n) is 15.1. The number of imide groups is 1. The van der Waals surface area contributed by atoms with Crippen LogP contribution in [0.4, 0.5) is 16.2 Å². The van der Waals surface area contributed by atoms with Crippen LogP contribution in [-0.2, 0) is 16.1 Å². The van der Waals surface area contributed by atoms with Gasteiger partial charge in [-0.05, 0) is 29.8 Å². The number of nitrogen functional groups attached to an aromatic ring is 1. The van der Waals surface area contributed by atoms with Gasteiger partial charge in [0.05, 0.1) is 11.7 Å². The Bertz CT molecular complexity index is 836. The second-order valence-corrected chi connectivity index (χ2v) is 6.56. The molecule has 7 nitrogen and oxygen atoms in total. The largest absolute Gasteiger partial charge is 0.399 e. The van der Waals surface area contributed by atoms with E-state index in [9.17, 15) is 14.4 Å². The molecule has 0 bridgehead atoms. The Labute approximate surface area is 157 Å². The van der Waals surface area contributed by atoms with Crippen LogP contribution in [0.3, 0.4) is 0 Å². The highest BCUT2D eigenvalue weighted by Gasteiger charge is 2.32. The molecule has 1 unspecified atom stereocenters. The summed E-state index contributed by atoms with van der Waals surface area (Å²) in [6, 6.07) is 15.3. The maximum atomic E-state index is 12.6. The first-order valence-corrected chi connectivity index (χ1v) is 8.72. The van der Waals surface area contributed by atoms with Gasteiger partial charge < -0.3 is 16.0 Å². The second-order valence-electron chi connectivity index (χ2n) is 6.56. The number of benzene rings is 2. The lowest BCUT2D eigenvalue weighted by atomic mass is 10.2. The summed E-state index contributed by atoms with van der Waals surface area (Å²) in [6.07, 6.45) is 0.214. The van der Waals surface area contributed by atoms with Gasteiger partial charge >= 0.3 is 6.03 Å². The first kappa shape index (κ1) is 18.4. The van der Waals surface area contributed by atoms with Crippen LogP contribution in [0.5, 0.6) is 0 Å². The fraction of sp³-hybridized carbons (Fsp3) is 0.250. The van der Waals surface area contributed by atoms with Crippen molar-refractivity contribution in [3.63, 3.8) is 0 Å². The number of carbonyl (C=O) groups is 3. The molecular weight excluding hydrogens is 344 g/mol. The average Bonchev–Trinajstić information content (AvgIpc) is 2.96. The third kappa shape index (κ3) is 4.44. The molecule has 4 amide bonds. The van der Waals surface area contributed by atoms with E-state index in [0.29, 0.717) is 24.5 Å². The van der Waals surface area contributed by atoms with Crippen LogP contribution in [0, 0.1) is 0 Å². The van der Waals surface area contributed by atoms with E-state index >= 15 is 0 Å². The van der Waals surface area contributed by atoms with E-state index in [1.165, 1.54) is 6.92 Å². The minimum absolute atomic E-state index is 0.0222. The van der Waals surface area contributed by atoms with Crippen LogP contribution in [0.1, 0.15) is 18.9 Å². The van der Waals surface area contributed by atoms with E-state index in [1.807, 2.05) is 30.3 Å². The Hall–Kier alpha value is -3.35. The molecule has 1 heterocycles. The normalized spacial score (nSPS) is 16.3. The van der Waals surface area contributed by atoms with Crippen molar-refractivity contribution in [1.29, 1.82) is 0 Å². The molecule has 0 radical (unpaired) electrons. The van der Waals surface area contributed by atoms with Crippen molar-refractivity contribution in [3.8, 4) is 0 Å². The molecule has 140 valence electrons. The highest BCUT2D eigenvalue weighted by atomic mass is 16.2. The van der Waals surface area contributed by atoms with Gasteiger partial charge in [-0.1, -0.05) is 30.3 Å². The molecule has 2 aromatic rings. The maximum Gasteiger partial charge on any atom is 0.329 e. The maximum absolute atomic E-state index is 12.6. The van der Waals surface area contributed by atoms with Crippen molar-refractivity contribution in [2.24, 2.45) is 0 Å². The average molecular weight is 366 g/mol. The molecular formula is C20H22N4O3. The van der Waals surface area contributed by atoms with Crippen molar-refractivity contribution in [1.82, 2.24) is 10.2 Å². The van der Waals surface area contributed by atoms with Crippen LogP contribution in [0.2, 0.25) is 0 Å². The number of likely N-dealkylation sites (tertiary alicyclic amines) is 1. The van der Waals surface area contributed by atoms with E-state index in [-0.39, 0.29) is 18.4 Å². The number of rotatable bonds is 4. The molecule has 27 heavy (non-hydrogen) atoms. The minimum Gasteiger partial charge on any atom is -0.399 e. The monoisotopic (exact) mass is 366 g/mol. The van der Waals surface area contributed by atoms with Crippen LogP contribution in [-0.4, -0.2) is 35.3 Å². The molecule has 7 heteroatoms. The number of amides is 4. The van der Waals surface area contributed by atoms with Crippen molar-refractivity contribution in [3.05, 3.63) is 60.2 Å². The van der Waals surface area contributed by atoms with Gasteiger partial charge in [0.2, 0.25) is 11.8 Å². The van der Waals surface area contributed by atoms with Crippen LogP contribution >= 0.6 is 0 Å². The molecule has 0 saturated carbocycles. The summed E-state index contributed by atoms with van der Waals surface area (Å²) in [7, 11) is 0. The number of nitrogens with zero attached hydrogens (tertiary/aromatic N) is 2. The van der Waals surface area contributed by atoms with Crippen molar-refractivity contribution in [2.75, 3.05) is 17.2 Å². The lowest BCUT2D eigenvalue weighted by Crippen LogP contribution is -2.47. The summed E-state index contributed by atoms with van der Waals surface area (Å²) < 4.78 is 0. The van der Waals surface area contributed by atoms with E-state index in [0.717, 1.165) is 10.5 Å². The fourth-order valence-electron chi connectivity index (χ4n) is 3.13. The summed E-state index contributed by atoms with van der Waals surface area (Å²) >= 11 is 0. The van der Waals surface area contributed by atoms with Gasteiger partial charge in [0, 0.05) is 32.1 Å². The van der Waals surface area contributed by atoms with E-state index in [4.69, 9.17) is 5.73 Å². The third-order valence-corrected chi connectivity index (χ3v) is 4.43. The number of hydrogen-bond donors (Lipinski definition) is 2. The SMILES string of the molecule is CC(=O)N(C(=O)NC1CC(=O)N(Cc2ccccc2)C1)c1ccc(N)cc1. The topological polar surface area (TPSA) is 95.7 Å². The lowest BCUT2D eigenvalue weighted by Gasteiger charge is -2.22. The van der Waals surface area contributed by atoms with Crippen molar-refractivity contribution < 1.29 is 14.4 Å². The third-order valence-electron chi connectivity index (χ3n) is 4.43. The standard InChI is InChI=1S/C20H22N4O3/c1-14(25)24(18-9-7-16(21)8-10-18)20(27)22-17-11-19(26)23(13-17)12-15-5-3-2-4-6-15/h2-10,17H,11-13,21H2,1H3,(H,22,27). The first-order valence-electron chi connectivity index (χ1n) is 8.72. The molecule has 0 spiro atoms. The number of nitrogens with two attached hydrogens (primary N) is 1. The van der Waals surface area contributed by atoms with Gasteiger partial charge in [0.15, 0.2) is 0 Å². The van der Waals surface area contributed by atoms with Crippen molar-refractivity contribution >= 4 is 29.2 Å². The fourth-order valence-corrected chi connectivity index (χ4v) is 3.13. The molecule has 1 saturated heterocycles. The predicted octanol–water partition coefficient (Wildman–Crippen LogP) is 2.13. The van der Waals surface area contributed by atoms with Gasteiger partial charge in [0.25, 0.3) is 0 Å². The Balaban J connectivity index is 1.65. The summed E-state index contributed by atoms with van der Waals surface area (Å²) in [5.74, 6) is -0.436. The molecule has 1 atom stereocenters. The smallest absolute Gasteiger partial charge is 0.329 e. The quantitative estimate of drug-likeness (QED) is 0.810. The van der Waals surface area contributed by atoms with Crippen molar-refractivity contribution in [2.45, 2.75) is 25.9 Å². The number of nitrogens with one attached hydrogen (secondary N) is 1.